The number of ether oxygens (including phenoxy) is 2. The summed E-state index contributed by atoms with van der Waals surface area (Å²) >= 11 is 0. The lowest BCUT2D eigenvalue weighted by Gasteiger charge is -2.29. The molecule has 2 aliphatic rings. The van der Waals surface area contributed by atoms with Gasteiger partial charge in [-0.1, -0.05) is 6.07 Å². The molecule has 15 heteroatoms. The van der Waals surface area contributed by atoms with Gasteiger partial charge in [0.2, 0.25) is 5.91 Å². The Morgan fingerprint density at radius 3 is 2.42 bits per heavy atom. The summed E-state index contributed by atoms with van der Waals surface area (Å²) in [5.74, 6) is -1.46. The Balaban J connectivity index is 1.35. The lowest BCUT2D eigenvalue weighted by molar-refractivity contribution is -0.121. The van der Waals surface area contributed by atoms with Crippen molar-refractivity contribution in [3.63, 3.8) is 0 Å². The van der Waals surface area contributed by atoms with Gasteiger partial charge in [0.15, 0.2) is 0 Å². The van der Waals surface area contributed by atoms with Gasteiger partial charge in [-0.15, -0.1) is 0 Å². The summed E-state index contributed by atoms with van der Waals surface area (Å²) in [6.07, 6.45) is 1.83. The lowest BCUT2D eigenvalue weighted by atomic mass is 10.1. The van der Waals surface area contributed by atoms with Crippen LogP contribution in [0.3, 0.4) is 0 Å². The maximum atomic E-state index is 13.1. The number of benzene rings is 1. The normalized spacial score (nSPS) is 17.1. The van der Waals surface area contributed by atoms with Gasteiger partial charge in [0.1, 0.15) is 6.29 Å². The maximum absolute atomic E-state index is 13.1. The number of imide groups is 1. The fraction of sp³-hybridized carbons (Fsp3) is 0.600. The smallest absolute Gasteiger partial charge is 0.279 e. The van der Waals surface area contributed by atoms with E-state index in [4.69, 9.17) is 15.2 Å². The fourth-order valence-corrected chi connectivity index (χ4v) is 5.66. The first-order valence-electron chi connectivity index (χ1n) is 13.3. The number of aldehydes is 1. The molecular formula is C25H38N6O8S. The summed E-state index contributed by atoms with van der Waals surface area (Å²) in [4.78, 5) is 50.1. The molecule has 1 aromatic carbocycles. The van der Waals surface area contributed by atoms with E-state index < -0.39 is 28.1 Å². The topological polar surface area (TPSA) is 189 Å². The molecule has 0 spiro atoms. The van der Waals surface area contributed by atoms with Gasteiger partial charge in [-0.05, 0) is 31.4 Å². The number of nitrogens with two attached hydrogens (primary N) is 1. The second-order valence-electron chi connectivity index (χ2n) is 9.41. The Morgan fingerprint density at radius 1 is 1.10 bits per heavy atom. The fourth-order valence-electron chi connectivity index (χ4n) is 4.44. The zero-order valence-electron chi connectivity index (χ0n) is 22.6. The summed E-state index contributed by atoms with van der Waals surface area (Å²) in [6.45, 7) is 2.33. The Kier molecular flexibility index (Phi) is 12.0. The molecule has 1 atom stereocenters. The minimum atomic E-state index is -3.54. The predicted molar refractivity (Wildman–Crippen MR) is 146 cm³/mol. The van der Waals surface area contributed by atoms with Gasteiger partial charge in [0, 0.05) is 51.4 Å². The Hall–Kier alpha value is -2.95. The number of amides is 3. The third-order valence-corrected chi connectivity index (χ3v) is 8.30. The minimum absolute atomic E-state index is 0.00325. The predicted octanol–water partition coefficient (Wildman–Crippen LogP) is -0.921. The van der Waals surface area contributed by atoms with Gasteiger partial charge in [-0.25, -0.2) is 0 Å². The number of fused-ring (bicyclic) bond motifs is 1. The SMILES string of the molecule is CNC(=O)CCC(C=O)N1C(=O)c2cccc(NCCOCCOCCNS(=O)(=O)N3CCC(N)CC3)c2C1=O. The Bertz CT molecular complexity index is 1160. The van der Waals surface area contributed by atoms with E-state index in [2.05, 4.69) is 15.4 Å². The lowest BCUT2D eigenvalue weighted by Crippen LogP contribution is -2.48. The van der Waals surface area contributed by atoms with Crippen molar-refractivity contribution in [3.8, 4) is 0 Å². The van der Waals surface area contributed by atoms with Crippen LogP contribution in [-0.2, 0) is 29.3 Å². The van der Waals surface area contributed by atoms with Crippen LogP contribution in [0.25, 0.3) is 0 Å². The molecule has 0 saturated carbocycles. The van der Waals surface area contributed by atoms with Gasteiger partial charge < -0.3 is 30.6 Å². The van der Waals surface area contributed by atoms with E-state index in [1.165, 1.54) is 17.4 Å². The number of piperidine rings is 1. The van der Waals surface area contributed by atoms with Crippen molar-refractivity contribution in [2.24, 2.45) is 5.73 Å². The Morgan fingerprint density at radius 2 is 1.77 bits per heavy atom. The monoisotopic (exact) mass is 582 g/mol. The number of carbonyl (C=O) groups excluding carboxylic acids is 4. The number of nitrogens with zero attached hydrogens (tertiary/aromatic N) is 2. The Labute approximate surface area is 234 Å². The highest BCUT2D eigenvalue weighted by Gasteiger charge is 2.41. The molecule has 0 bridgehead atoms. The van der Waals surface area contributed by atoms with Gasteiger partial charge in [0.25, 0.3) is 22.0 Å². The van der Waals surface area contributed by atoms with Gasteiger partial charge in [0.05, 0.1) is 43.6 Å². The molecule has 0 aliphatic carbocycles. The first kappa shape index (κ1) is 31.6. The van der Waals surface area contributed by atoms with E-state index in [9.17, 15) is 27.6 Å². The summed E-state index contributed by atoms with van der Waals surface area (Å²) in [5.41, 5.74) is 6.62. The van der Waals surface area contributed by atoms with Crippen LogP contribution in [0.1, 0.15) is 46.4 Å². The highest BCUT2D eigenvalue weighted by molar-refractivity contribution is 7.87. The first-order chi connectivity index (χ1) is 19.2. The average molecular weight is 583 g/mol. The summed E-state index contributed by atoms with van der Waals surface area (Å²) in [5, 5.41) is 5.54. The second-order valence-corrected chi connectivity index (χ2v) is 11.2. The van der Waals surface area contributed by atoms with Gasteiger partial charge in [-0.2, -0.15) is 17.4 Å². The third kappa shape index (κ3) is 8.28. The molecule has 5 N–H and O–H groups in total. The quantitative estimate of drug-likeness (QED) is 0.102. The average Bonchev–Trinajstić information content (AvgIpc) is 3.20. The molecule has 2 heterocycles. The molecule has 1 fully saturated rings. The first-order valence-corrected chi connectivity index (χ1v) is 14.7. The van der Waals surface area contributed by atoms with Crippen LogP contribution < -0.4 is 21.1 Å². The molecule has 0 aromatic heterocycles. The van der Waals surface area contributed by atoms with Crippen LogP contribution in [-0.4, -0.2) is 113 Å². The van der Waals surface area contributed by atoms with E-state index >= 15 is 0 Å². The largest absolute Gasteiger partial charge is 0.382 e. The van der Waals surface area contributed by atoms with Gasteiger partial charge in [-0.3, -0.25) is 19.3 Å². The molecular weight excluding hydrogens is 544 g/mol. The van der Waals surface area contributed by atoms with Crippen molar-refractivity contribution >= 4 is 39.9 Å². The van der Waals surface area contributed by atoms with Crippen LogP contribution in [0.5, 0.6) is 0 Å². The molecule has 3 amide bonds. The van der Waals surface area contributed by atoms with Crippen molar-refractivity contribution in [2.45, 2.75) is 37.8 Å². The van der Waals surface area contributed by atoms with Crippen molar-refractivity contribution < 1.29 is 37.1 Å². The number of hydrogen-bond donors (Lipinski definition) is 4. The van der Waals surface area contributed by atoms with Crippen LogP contribution in [0.4, 0.5) is 5.69 Å². The highest BCUT2D eigenvalue weighted by Crippen LogP contribution is 2.31. The summed E-state index contributed by atoms with van der Waals surface area (Å²) in [6, 6.07) is 3.83. The number of anilines is 1. The zero-order valence-corrected chi connectivity index (χ0v) is 23.4. The van der Waals surface area contributed by atoms with Crippen molar-refractivity contribution in [2.75, 3.05) is 65.0 Å². The summed E-state index contributed by atoms with van der Waals surface area (Å²) < 4.78 is 39.4. The number of hydrogen-bond acceptors (Lipinski definition) is 10. The van der Waals surface area contributed by atoms with Crippen molar-refractivity contribution in [3.05, 3.63) is 29.3 Å². The molecule has 0 radical (unpaired) electrons. The molecule has 3 rings (SSSR count). The molecule has 1 aromatic rings. The number of nitrogens with one attached hydrogen (secondary N) is 3. The van der Waals surface area contributed by atoms with E-state index in [0.717, 1.165) is 4.90 Å². The molecule has 14 nitrogen and oxygen atoms in total. The van der Waals surface area contributed by atoms with Crippen LogP contribution in [0.15, 0.2) is 18.2 Å². The molecule has 40 heavy (non-hydrogen) atoms. The summed E-state index contributed by atoms with van der Waals surface area (Å²) in [7, 11) is -2.07. The van der Waals surface area contributed by atoms with Crippen LogP contribution in [0.2, 0.25) is 0 Å². The van der Waals surface area contributed by atoms with Crippen LogP contribution in [0, 0.1) is 0 Å². The third-order valence-electron chi connectivity index (χ3n) is 6.68. The van der Waals surface area contributed by atoms with E-state index in [-0.39, 0.29) is 68.9 Å². The minimum Gasteiger partial charge on any atom is -0.382 e. The standard InChI is InChI=1S/C25H38N6O8S/c1-27-22(33)6-5-19(17-32)31-24(34)20-3-2-4-21(23(20)25(31)35)28-9-13-38-15-16-39-14-10-29-40(36,37)30-11-7-18(26)8-12-30/h2-4,17-19,28-29H,5-16,26H2,1H3,(H,27,33). The molecule has 1 unspecified atom stereocenters. The molecule has 2 aliphatic heterocycles. The molecule has 222 valence electrons. The van der Waals surface area contributed by atoms with E-state index in [1.807, 2.05) is 0 Å². The van der Waals surface area contributed by atoms with Crippen molar-refractivity contribution in [1.82, 2.24) is 19.2 Å². The highest BCUT2D eigenvalue weighted by atomic mass is 32.2. The zero-order chi connectivity index (χ0) is 29.1. The maximum Gasteiger partial charge on any atom is 0.279 e. The van der Waals surface area contributed by atoms with E-state index in [1.54, 1.807) is 12.1 Å². The number of rotatable bonds is 17. The van der Waals surface area contributed by atoms with Gasteiger partial charge >= 0.3 is 0 Å². The second kappa shape index (κ2) is 15.2. The number of carbonyl (C=O) groups is 4. The van der Waals surface area contributed by atoms with Crippen molar-refractivity contribution in [1.29, 1.82) is 0 Å². The van der Waals surface area contributed by atoms with Crippen LogP contribution >= 0.6 is 0 Å². The van der Waals surface area contributed by atoms with E-state index in [0.29, 0.717) is 44.4 Å². The molecule has 1 saturated heterocycles.